The van der Waals surface area contributed by atoms with Gasteiger partial charge in [0.2, 0.25) is 5.91 Å². The van der Waals surface area contributed by atoms with Gasteiger partial charge in [0.05, 0.1) is 0 Å². The molecule has 0 radical (unpaired) electrons. The molecule has 2 heterocycles. The van der Waals surface area contributed by atoms with Gasteiger partial charge in [-0.15, -0.1) is 0 Å². The molecule has 14 heavy (non-hydrogen) atoms. The highest BCUT2D eigenvalue weighted by molar-refractivity contribution is 5.78. The molecule has 1 amide bonds. The summed E-state index contributed by atoms with van der Waals surface area (Å²) < 4.78 is 0. The van der Waals surface area contributed by atoms with Crippen molar-refractivity contribution in [2.24, 2.45) is 5.92 Å². The third-order valence-corrected chi connectivity index (χ3v) is 2.61. The van der Waals surface area contributed by atoms with Crippen molar-refractivity contribution in [3.63, 3.8) is 0 Å². The van der Waals surface area contributed by atoms with Crippen LogP contribution in [0.4, 0.5) is 0 Å². The van der Waals surface area contributed by atoms with Crippen molar-refractivity contribution in [2.45, 2.75) is 13.3 Å². The number of carbonyl (C=O) groups excluding carboxylic acids is 1. The van der Waals surface area contributed by atoms with E-state index in [0.717, 1.165) is 13.1 Å². The standard InChI is InChI=1S/C10H15N3O/c1-8-5-11-2-3-13(8)7-9-4-10(14)12-6-9/h2-3,5,9,11H,4,6-7H2,1H3,(H,12,14). The summed E-state index contributed by atoms with van der Waals surface area (Å²) in [6.07, 6.45) is 6.53. The van der Waals surface area contributed by atoms with Gasteiger partial charge in [-0.05, 0) is 6.92 Å². The first-order chi connectivity index (χ1) is 6.75. The Labute approximate surface area is 83.7 Å². The van der Waals surface area contributed by atoms with Crippen LogP contribution in [0.5, 0.6) is 0 Å². The van der Waals surface area contributed by atoms with Crippen molar-refractivity contribution < 1.29 is 4.79 Å². The van der Waals surface area contributed by atoms with E-state index in [-0.39, 0.29) is 5.91 Å². The summed E-state index contributed by atoms with van der Waals surface area (Å²) in [4.78, 5) is 13.2. The van der Waals surface area contributed by atoms with Gasteiger partial charge in [-0.1, -0.05) is 0 Å². The predicted molar refractivity (Wildman–Crippen MR) is 53.9 cm³/mol. The zero-order chi connectivity index (χ0) is 9.97. The minimum absolute atomic E-state index is 0.177. The first-order valence-corrected chi connectivity index (χ1v) is 4.88. The van der Waals surface area contributed by atoms with Gasteiger partial charge in [-0.2, -0.15) is 0 Å². The number of nitrogens with zero attached hydrogens (tertiary/aromatic N) is 1. The van der Waals surface area contributed by atoms with E-state index in [1.54, 1.807) is 0 Å². The maximum Gasteiger partial charge on any atom is 0.220 e. The molecule has 0 aliphatic carbocycles. The Morgan fingerprint density at radius 3 is 3.14 bits per heavy atom. The molecule has 1 unspecified atom stereocenters. The van der Waals surface area contributed by atoms with Crippen LogP contribution < -0.4 is 10.6 Å². The maximum absolute atomic E-state index is 11.0. The largest absolute Gasteiger partial charge is 0.365 e. The topological polar surface area (TPSA) is 44.4 Å². The van der Waals surface area contributed by atoms with Crippen molar-refractivity contribution in [3.8, 4) is 0 Å². The van der Waals surface area contributed by atoms with E-state index in [0.29, 0.717) is 12.3 Å². The second kappa shape index (κ2) is 3.74. The maximum atomic E-state index is 11.0. The van der Waals surface area contributed by atoms with Crippen molar-refractivity contribution in [1.82, 2.24) is 15.5 Å². The van der Waals surface area contributed by atoms with Crippen molar-refractivity contribution in [2.75, 3.05) is 13.1 Å². The van der Waals surface area contributed by atoms with Gasteiger partial charge in [0.1, 0.15) is 0 Å². The van der Waals surface area contributed by atoms with Gasteiger partial charge in [0, 0.05) is 49.7 Å². The lowest BCUT2D eigenvalue weighted by Gasteiger charge is -2.26. The zero-order valence-corrected chi connectivity index (χ0v) is 8.29. The highest BCUT2D eigenvalue weighted by Crippen LogP contribution is 2.15. The van der Waals surface area contributed by atoms with Gasteiger partial charge in [-0.25, -0.2) is 0 Å². The van der Waals surface area contributed by atoms with Crippen LogP contribution in [0.3, 0.4) is 0 Å². The Hall–Kier alpha value is -1.45. The van der Waals surface area contributed by atoms with E-state index < -0.39 is 0 Å². The van der Waals surface area contributed by atoms with Gasteiger partial charge in [0.15, 0.2) is 0 Å². The van der Waals surface area contributed by atoms with Crippen LogP contribution >= 0.6 is 0 Å². The van der Waals surface area contributed by atoms with Crippen molar-refractivity contribution >= 4 is 5.91 Å². The molecule has 76 valence electrons. The molecule has 4 heteroatoms. The summed E-state index contributed by atoms with van der Waals surface area (Å²) in [5.41, 5.74) is 1.19. The Morgan fingerprint density at radius 2 is 2.50 bits per heavy atom. The number of allylic oxidation sites excluding steroid dienone is 1. The molecule has 2 rings (SSSR count). The highest BCUT2D eigenvalue weighted by Gasteiger charge is 2.23. The predicted octanol–water partition coefficient (Wildman–Crippen LogP) is 0.360. The fourth-order valence-electron chi connectivity index (χ4n) is 1.78. The van der Waals surface area contributed by atoms with Crippen LogP contribution in [0.1, 0.15) is 13.3 Å². The first-order valence-electron chi connectivity index (χ1n) is 4.88. The molecule has 2 N–H and O–H groups in total. The smallest absolute Gasteiger partial charge is 0.220 e. The van der Waals surface area contributed by atoms with Crippen molar-refractivity contribution in [3.05, 3.63) is 24.3 Å². The number of amides is 1. The van der Waals surface area contributed by atoms with Crippen LogP contribution in [0.2, 0.25) is 0 Å². The molecule has 0 saturated carbocycles. The summed E-state index contributed by atoms with van der Waals surface area (Å²) in [6, 6.07) is 0. The molecule has 0 aromatic heterocycles. The van der Waals surface area contributed by atoms with E-state index in [1.807, 2.05) is 18.6 Å². The van der Waals surface area contributed by atoms with Crippen molar-refractivity contribution in [1.29, 1.82) is 0 Å². The van der Waals surface area contributed by atoms with E-state index in [9.17, 15) is 4.79 Å². The molecule has 0 aromatic carbocycles. The molecule has 0 spiro atoms. The second-order valence-electron chi connectivity index (χ2n) is 3.79. The summed E-state index contributed by atoms with van der Waals surface area (Å²) in [7, 11) is 0. The molecule has 0 aromatic rings. The fraction of sp³-hybridized carbons (Fsp3) is 0.500. The molecule has 4 nitrogen and oxygen atoms in total. The lowest BCUT2D eigenvalue weighted by Crippen LogP contribution is -2.27. The van der Waals surface area contributed by atoms with Crippen LogP contribution in [-0.2, 0) is 4.79 Å². The summed E-state index contributed by atoms with van der Waals surface area (Å²) >= 11 is 0. The quantitative estimate of drug-likeness (QED) is 0.665. The van der Waals surface area contributed by atoms with E-state index in [4.69, 9.17) is 0 Å². The van der Waals surface area contributed by atoms with E-state index in [1.165, 1.54) is 5.70 Å². The van der Waals surface area contributed by atoms with Gasteiger partial charge < -0.3 is 15.5 Å². The Kier molecular flexibility index (Phi) is 2.43. The van der Waals surface area contributed by atoms with E-state index in [2.05, 4.69) is 22.5 Å². The Balaban J connectivity index is 1.90. The number of rotatable bonds is 2. The third-order valence-electron chi connectivity index (χ3n) is 2.61. The molecule has 0 bridgehead atoms. The summed E-state index contributed by atoms with van der Waals surface area (Å²) in [5.74, 6) is 0.615. The molecule has 2 aliphatic rings. The normalized spacial score (nSPS) is 25.8. The third kappa shape index (κ3) is 1.89. The number of hydrogen-bond donors (Lipinski definition) is 2. The van der Waals surface area contributed by atoms with Crippen LogP contribution in [-0.4, -0.2) is 23.9 Å². The van der Waals surface area contributed by atoms with E-state index >= 15 is 0 Å². The fourth-order valence-corrected chi connectivity index (χ4v) is 1.78. The van der Waals surface area contributed by atoms with Gasteiger partial charge in [-0.3, -0.25) is 4.79 Å². The summed E-state index contributed by atoms with van der Waals surface area (Å²) in [5, 5.41) is 5.88. The summed E-state index contributed by atoms with van der Waals surface area (Å²) in [6.45, 7) is 3.78. The molecule has 1 atom stereocenters. The minimum atomic E-state index is 0.177. The van der Waals surface area contributed by atoms with Gasteiger partial charge in [0.25, 0.3) is 0 Å². The number of nitrogens with one attached hydrogen (secondary N) is 2. The average Bonchev–Trinajstić information content (AvgIpc) is 2.56. The molecular weight excluding hydrogens is 178 g/mol. The lowest BCUT2D eigenvalue weighted by atomic mass is 10.1. The minimum Gasteiger partial charge on any atom is -0.365 e. The zero-order valence-electron chi connectivity index (χ0n) is 8.29. The SMILES string of the molecule is CC1=CNC=CN1CC1CNC(=O)C1. The first kappa shape index (κ1) is 9.12. The van der Waals surface area contributed by atoms with Crippen LogP contribution in [0, 0.1) is 5.92 Å². The Morgan fingerprint density at radius 1 is 1.64 bits per heavy atom. The number of carbonyl (C=O) groups is 1. The molecular formula is C10H15N3O. The van der Waals surface area contributed by atoms with Gasteiger partial charge >= 0.3 is 0 Å². The molecule has 1 fully saturated rings. The van der Waals surface area contributed by atoms with Crippen LogP contribution in [0.25, 0.3) is 0 Å². The monoisotopic (exact) mass is 193 g/mol. The lowest BCUT2D eigenvalue weighted by molar-refractivity contribution is -0.119. The molecule has 2 aliphatic heterocycles. The second-order valence-corrected chi connectivity index (χ2v) is 3.79. The average molecular weight is 193 g/mol. The highest BCUT2D eigenvalue weighted by atomic mass is 16.1. The van der Waals surface area contributed by atoms with Crippen LogP contribution in [0.15, 0.2) is 24.3 Å². The Bertz CT molecular complexity index is 296. The molecule has 1 saturated heterocycles. The number of hydrogen-bond acceptors (Lipinski definition) is 3.